The number of nitrogens with one attached hydrogen (secondary N) is 1. The van der Waals surface area contributed by atoms with E-state index in [0.717, 1.165) is 15.8 Å². The van der Waals surface area contributed by atoms with Gasteiger partial charge >= 0.3 is 0 Å². The van der Waals surface area contributed by atoms with Crippen LogP contribution >= 0.6 is 31.9 Å². The van der Waals surface area contributed by atoms with Crippen molar-refractivity contribution in [2.45, 2.75) is 11.3 Å². The molecule has 2 aromatic rings. The molecule has 0 aromatic heterocycles. The highest BCUT2D eigenvalue weighted by molar-refractivity contribution is 9.10. The molecule has 1 N–H and O–H groups in total. The molecule has 0 radical (unpaired) electrons. The van der Waals surface area contributed by atoms with Crippen LogP contribution in [0.4, 0.5) is 0 Å². The molecule has 24 heavy (non-hydrogen) atoms. The number of methoxy groups -OCH3 is 2. The van der Waals surface area contributed by atoms with Crippen LogP contribution in [0.15, 0.2) is 50.2 Å². The predicted octanol–water partition coefficient (Wildman–Crippen LogP) is 3.75. The highest BCUT2D eigenvalue weighted by Crippen LogP contribution is 2.27. The summed E-state index contributed by atoms with van der Waals surface area (Å²) in [6.45, 7) is 0.275. The Hall–Kier alpha value is -1.09. The molecule has 0 aliphatic rings. The lowest BCUT2D eigenvalue weighted by Crippen LogP contribution is -2.26. The number of halogens is 2. The van der Waals surface area contributed by atoms with E-state index < -0.39 is 10.0 Å². The van der Waals surface area contributed by atoms with Gasteiger partial charge in [0.05, 0.1) is 18.7 Å². The summed E-state index contributed by atoms with van der Waals surface area (Å²) in [4.78, 5) is 0.107. The summed E-state index contributed by atoms with van der Waals surface area (Å²) in [6, 6.07) is 10.5. The van der Waals surface area contributed by atoms with Gasteiger partial charge in [0.25, 0.3) is 0 Å². The van der Waals surface area contributed by atoms with Gasteiger partial charge in [0.1, 0.15) is 16.4 Å². The van der Waals surface area contributed by atoms with E-state index in [9.17, 15) is 8.42 Å². The lowest BCUT2D eigenvalue weighted by molar-refractivity contribution is 0.402. The van der Waals surface area contributed by atoms with Crippen molar-refractivity contribution in [2.24, 2.45) is 0 Å². The van der Waals surface area contributed by atoms with E-state index in [0.29, 0.717) is 16.6 Å². The number of hydrogen-bond donors (Lipinski definition) is 1. The second-order valence-electron chi connectivity index (χ2n) is 4.91. The van der Waals surface area contributed by atoms with Gasteiger partial charge in [-0.25, -0.2) is 13.1 Å². The van der Waals surface area contributed by atoms with E-state index >= 15 is 0 Å². The van der Waals surface area contributed by atoms with Gasteiger partial charge in [-0.1, -0.05) is 22.0 Å². The number of benzene rings is 2. The summed E-state index contributed by atoms with van der Waals surface area (Å²) in [7, 11) is -0.622. The van der Waals surface area contributed by atoms with Crippen LogP contribution in [-0.4, -0.2) is 29.2 Å². The van der Waals surface area contributed by atoms with Gasteiger partial charge in [0.15, 0.2) is 0 Å². The molecule has 0 saturated carbocycles. The van der Waals surface area contributed by atoms with Crippen LogP contribution < -0.4 is 14.2 Å². The van der Waals surface area contributed by atoms with Crippen molar-refractivity contribution in [1.29, 1.82) is 0 Å². The highest BCUT2D eigenvalue weighted by atomic mass is 79.9. The van der Waals surface area contributed by atoms with E-state index in [-0.39, 0.29) is 11.4 Å². The zero-order chi connectivity index (χ0) is 17.7. The summed E-state index contributed by atoms with van der Waals surface area (Å²) < 4.78 is 39.4. The van der Waals surface area contributed by atoms with E-state index in [1.165, 1.54) is 13.2 Å². The van der Waals surface area contributed by atoms with Crippen LogP contribution in [0.5, 0.6) is 11.5 Å². The maximum Gasteiger partial charge on any atom is 0.244 e. The fraction of sp³-hybridized carbons (Fsp3) is 0.250. The molecule has 0 aliphatic heterocycles. The first-order valence-corrected chi connectivity index (χ1v) is 10.1. The van der Waals surface area contributed by atoms with Crippen molar-refractivity contribution in [3.05, 3.63) is 50.9 Å². The van der Waals surface area contributed by atoms with Crippen molar-refractivity contribution in [3.63, 3.8) is 0 Å². The van der Waals surface area contributed by atoms with Gasteiger partial charge in [0, 0.05) is 11.0 Å². The van der Waals surface area contributed by atoms with Gasteiger partial charge < -0.3 is 9.47 Å². The first-order chi connectivity index (χ1) is 11.4. The highest BCUT2D eigenvalue weighted by Gasteiger charge is 2.19. The Bertz CT molecular complexity index is 825. The number of sulfonamides is 1. The Labute approximate surface area is 158 Å². The monoisotopic (exact) mass is 477 g/mol. The second kappa shape index (κ2) is 8.33. The SMILES string of the molecule is COc1ccc(CCNS(=O)(=O)c2cc(Br)ccc2OC)cc1Br. The first-order valence-electron chi connectivity index (χ1n) is 7.03. The van der Waals surface area contributed by atoms with Crippen LogP contribution in [0.2, 0.25) is 0 Å². The van der Waals surface area contributed by atoms with Gasteiger partial charge in [-0.15, -0.1) is 0 Å². The molecule has 2 rings (SSSR count). The molecule has 0 saturated heterocycles. The Morgan fingerprint density at radius 1 is 1.00 bits per heavy atom. The molecule has 0 unspecified atom stereocenters. The first kappa shape index (κ1) is 19.2. The van der Waals surface area contributed by atoms with Crippen LogP contribution in [0.3, 0.4) is 0 Å². The number of rotatable bonds is 7. The Balaban J connectivity index is 2.08. The Morgan fingerprint density at radius 3 is 2.29 bits per heavy atom. The molecule has 2 aromatic carbocycles. The molecule has 5 nitrogen and oxygen atoms in total. The molecule has 0 fully saturated rings. The second-order valence-corrected chi connectivity index (χ2v) is 8.42. The summed E-state index contributed by atoms with van der Waals surface area (Å²) in [6.07, 6.45) is 0.554. The fourth-order valence-corrected chi connectivity index (χ4v) is 4.46. The van der Waals surface area contributed by atoms with Gasteiger partial charge in [-0.2, -0.15) is 0 Å². The van der Waals surface area contributed by atoms with Crippen molar-refractivity contribution < 1.29 is 17.9 Å². The summed E-state index contributed by atoms with van der Waals surface area (Å²) in [5.74, 6) is 1.04. The van der Waals surface area contributed by atoms with Crippen LogP contribution in [-0.2, 0) is 16.4 Å². The maximum atomic E-state index is 12.5. The molecule has 0 bridgehead atoms. The van der Waals surface area contributed by atoms with Crippen LogP contribution in [0, 0.1) is 0 Å². The molecule has 0 spiro atoms. The number of ether oxygens (including phenoxy) is 2. The van der Waals surface area contributed by atoms with E-state index in [2.05, 4.69) is 36.6 Å². The minimum absolute atomic E-state index is 0.107. The minimum Gasteiger partial charge on any atom is -0.496 e. The van der Waals surface area contributed by atoms with Crippen LogP contribution in [0.1, 0.15) is 5.56 Å². The Kier molecular flexibility index (Phi) is 6.68. The van der Waals surface area contributed by atoms with Gasteiger partial charge in [-0.3, -0.25) is 0 Å². The van der Waals surface area contributed by atoms with Crippen molar-refractivity contribution in [3.8, 4) is 11.5 Å². The topological polar surface area (TPSA) is 64.6 Å². The van der Waals surface area contributed by atoms with E-state index in [4.69, 9.17) is 9.47 Å². The zero-order valence-corrected chi connectivity index (χ0v) is 17.2. The molecular formula is C16H17Br2NO4S. The van der Waals surface area contributed by atoms with Gasteiger partial charge in [0.2, 0.25) is 10.0 Å². The number of hydrogen-bond acceptors (Lipinski definition) is 4. The normalized spacial score (nSPS) is 11.3. The summed E-state index contributed by atoms with van der Waals surface area (Å²) in [5.41, 5.74) is 0.992. The molecule has 0 amide bonds. The van der Waals surface area contributed by atoms with E-state index in [1.54, 1.807) is 19.2 Å². The quantitative estimate of drug-likeness (QED) is 0.658. The zero-order valence-electron chi connectivity index (χ0n) is 13.2. The average Bonchev–Trinajstić information content (AvgIpc) is 2.55. The van der Waals surface area contributed by atoms with E-state index in [1.807, 2.05) is 18.2 Å². The Morgan fingerprint density at radius 2 is 1.67 bits per heavy atom. The smallest absolute Gasteiger partial charge is 0.244 e. The lowest BCUT2D eigenvalue weighted by Gasteiger charge is -2.11. The third-order valence-corrected chi connectivity index (χ3v) is 5.93. The molecular weight excluding hydrogens is 462 g/mol. The predicted molar refractivity (Wildman–Crippen MR) is 100 cm³/mol. The minimum atomic E-state index is -3.66. The molecule has 0 heterocycles. The molecule has 0 aliphatic carbocycles. The largest absolute Gasteiger partial charge is 0.496 e. The summed E-state index contributed by atoms with van der Waals surface area (Å²) in [5, 5.41) is 0. The third kappa shape index (κ3) is 4.72. The van der Waals surface area contributed by atoms with Crippen LogP contribution in [0.25, 0.3) is 0 Å². The van der Waals surface area contributed by atoms with Gasteiger partial charge in [-0.05, 0) is 58.2 Å². The van der Waals surface area contributed by atoms with Crippen molar-refractivity contribution >= 4 is 41.9 Å². The maximum absolute atomic E-state index is 12.5. The lowest BCUT2D eigenvalue weighted by atomic mass is 10.1. The summed E-state index contributed by atoms with van der Waals surface area (Å²) >= 11 is 6.70. The third-order valence-electron chi connectivity index (χ3n) is 3.34. The molecule has 130 valence electrons. The fourth-order valence-electron chi connectivity index (χ4n) is 2.13. The standard InChI is InChI=1S/C16H17Br2NO4S/c1-22-14-5-3-11(9-13(14)18)7-8-19-24(20,21)16-10-12(17)4-6-15(16)23-2/h3-6,9-10,19H,7-8H2,1-2H3. The van der Waals surface area contributed by atoms with Crippen molar-refractivity contribution in [2.75, 3.05) is 20.8 Å². The van der Waals surface area contributed by atoms with Crippen molar-refractivity contribution in [1.82, 2.24) is 4.72 Å². The average molecular weight is 479 g/mol. The molecule has 8 heteroatoms. The molecule has 0 atom stereocenters.